The second-order valence-electron chi connectivity index (χ2n) is 4.49. The lowest BCUT2D eigenvalue weighted by molar-refractivity contribution is 0.0996. The first-order valence-corrected chi connectivity index (χ1v) is 5.87. The van der Waals surface area contributed by atoms with E-state index < -0.39 is 0 Å². The maximum Gasteiger partial charge on any atom is 0.259 e. The number of benzene rings is 2. The fourth-order valence-corrected chi connectivity index (χ4v) is 2.43. The number of anilines is 1. The van der Waals surface area contributed by atoms with Crippen LogP contribution in [0, 0.1) is 6.92 Å². The van der Waals surface area contributed by atoms with Crippen LogP contribution in [0.15, 0.2) is 42.5 Å². The van der Waals surface area contributed by atoms with Gasteiger partial charge in [-0.3, -0.25) is 4.79 Å². The summed E-state index contributed by atoms with van der Waals surface area (Å²) in [6.07, 6.45) is 0. The van der Waals surface area contributed by atoms with Crippen LogP contribution >= 0.6 is 0 Å². The smallest absolute Gasteiger partial charge is 0.259 e. The molecule has 0 saturated heterocycles. The number of hydrogen-bond donors (Lipinski definition) is 1. The molecule has 1 amide bonds. The minimum Gasteiger partial charge on any atom is -0.506 e. The Morgan fingerprint density at radius 1 is 1.11 bits per heavy atom. The average Bonchev–Trinajstić information content (AvgIpc) is 2.68. The normalized spacial score (nSPS) is 13.8. The van der Waals surface area contributed by atoms with Crippen LogP contribution in [-0.4, -0.2) is 11.0 Å². The largest absolute Gasteiger partial charge is 0.506 e. The van der Waals surface area contributed by atoms with Crippen molar-refractivity contribution < 1.29 is 9.90 Å². The minimum absolute atomic E-state index is 0.0461. The first kappa shape index (κ1) is 10.8. The molecule has 0 saturated carbocycles. The lowest BCUT2D eigenvalue weighted by Gasteiger charge is -2.19. The van der Waals surface area contributed by atoms with Gasteiger partial charge in [0.15, 0.2) is 0 Å². The number of carbonyl (C=O) groups is 1. The van der Waals surface area contributed by atoms with E-state index in [0.717, 1.165) is 16.7 Å². The van der Waals surface area contributed by atoms with E-state index in [1.165, 1.54) is 0 Å². The highest BCUT2D eigenvalue weighted by Gasteiger charge is 2.30. The zero-order valence-corrected chi connectivity index (χ0v) is 10.1. The predicted octanol–water partition coefficient (Wildman–Crippen LogP) is 2.86. The van der Waals surface area contributed by atoms with Crippen LogP contribution < -0.4 is 4.90 Å². The maximum absolute atomic E-state index is 12.3. The molecule has 2 aromatic carbocycles. The molecule has 1 heterocycles. The van der Waals surface area contributed by atoms with Crippen molar-refractivity contribution in [1.82, 2.24) is 0 Å². The van der Waals surface area contributed by atoms with E-state index in [1.54, 1.807) is 17.0 Å². The SMILES string of the molecule is Cc1cccc(O)c1N1Cc2ccccc2C1=O. The van der Waals surface area contributed by atoms with E-state index in [1.807, 2.05) is 37.3 Å². The Labute approximate surface area is 105 Å². The van der Waals surface area contributed by atoms with Gasteiger partial charge in [-0.15, -0.1) is 0 Å². The van der Waals surface area contributed by atoms with Crippen LogP contribution in [0.25, 0.3) is 0 Å². The number of para-hydroxylation sites is 1. The van der Waals surface area contributed by atoms with Crippen molar-refractivity contribution in [2.24, 2.45) is 0 Å². The predicted molar refractivity (Wildman–Crippen MR) is 69.8 cm³/mol. The van der Waals surface area contributed by atoms with Gasteiger partial charge in [-0.1, -0.05) is 30.3 Å². The van der Waals surface area contributed by atoms with E-state index in [0.29, 0.717) is 12.2 Å². The standard InChI is InChI=1S/C15H13NO2/c1-10-5-4-8-13(17)14(10)16-9-11-6-2-3-7-12(11)15(16)18/h2-8,17H,9H2,1H3. The highest BCUT2D eigenvalue weighted by Crippen LogP contribution is 2.36. The zero-order chi connectivity index (χ0) is 12.7. The third-order valence-corrected chi connectivity index (χ3v) is 3.31. The van der Waals surface area contributed by atoms with Crippen LogP contribution in [0.5, 0.6) is 5.75 Å². The topological polar surface area (TPSA) is 40.5 Å². The number of fused-ring (bicyclic) bond motifs is 1. The molecule has 0 radical (unpaired) electrons. The van der Waals surface area contributed by atoms with Crippen molar-refractivity contribution in [3.63, 3.8) is 0 Å². The fourth-order valence-electron chi connectivity index (χ4n) is 2.43. The first-order chi connectivity index (χ1) is 8.68. The van der Waals surface area contributed by atoms with Crippen molar-refractivity contribution >= 4 is 11.6 Å². The summed E-state index contributed by atoms with van der Waals surface area (Å²) in [5.41, 5.74) is 3.24. The number of amides is 1. The third kappa shape index (κ3) is 1.48. The van der Waals surface area contributed by atoms with Gasteiger partial charge < -0.3 is 10.0 Å². The Balaban J connectivity index is 2.10. The van der Waals surface area contributed by atoms with Gasteiger partial charge in [-0.2, -0.15) is 0 Å². The minimum atomic E-state index is -0.0461. The molecule has 0 atom stereocenters. The molecule has 1 N–H and O–H groups in total. The third-order valence-electron chi connectivity index (χ3n) is 3.31. The molecule has 18 heavy (non-hydrogen) atoms. The van der Waals surface area contributed by atoms with Gasteiger partial charge in [-0.25, -0.2) is 0 Å². The molecule has 90 valence electrons. The second kappa shape index (κ2) is 3.88. The summed E-state index contributed by atoms with van der Waals surface area (Å²) in [4.78, 5) is 14.0. The second-order valence-corrected chi connectivity index (χ2v) is 4.49. The van der Waals surface area contributed by atoms with E-state index in [-0.39, 0.29) is 11.7 Å². The number of rotatable bonds is 1. The van der Waals surface area contributed by atoms with Crippen LogP contribution in [0.2, 0.25) is 0 Å². The van der Waals surface area contributed by atoms with Crippen molar-refractivity contribution in [3.8, 4) is 5.75 Å². The lowest BCUT2D eigenvalue weighted by atomic mass is 10.1. The molecule has 1 aliphatic heterocycles. The lowest BCUT2D eigenvalue weighted by Crippen LogP contribution is -2.23. The van der Waals surface area contributed by atoms with Crippen molar-refractivity contribution in [1.29, 1.82) is 0 Å². The van der Waals surface area contributed by atoms with Crippen LogP contribution in [0.4, 0.5) is 5.69 Å². The quantitative estimate of drug-likeness (QED) is 0.831. The molecule has 0 bridgehead atoms. The number of carbonyl (C=O) groups excluding carboxylic acids is 1. The summed E-state index contributed by atoms with van der Waals surface area (Å²) in [6.45, 7) is 2.42. The van der Waals surface area contributed by atoms with Gasteiger partial charge in [0.1, 0.15) is 5.75 Å². The molecule has 0 aliphatic carbocycles. The molecule has 3 nitrogen and oxygen atoms in total. The van der Waals surface area contributed by atoms with Crippen LogP contribution in [-0.2, 0) is 6.54 Å². The number of phenolic OH excluding ortho intramolecular Hbond substituents is 1. The Kier molecular flexibility index (Phi) is 2.33. The summed E-state index contributed by atoms with van der Waals surface area (Å²) >= 11 is 0. The maximum atomic E-state index is 12.3. The molecule has 1 aliphatic rings. The molecule has 3 heteroatoms. The Bertz CT molecular complexity index is 614. The summed E-state index contributed by atoms with van der Waals surface area (Å²) in [6, 6.07) is 12.8. The summed E-state index contributed by atoms with van der Waals surface area (Å²) in [7, 11) is 0. The Morgan fingerprint density at radius 3 is 2.61 bits per heavy atom. The molecule has 0 fully saturated rings. The molecular weight excluding hydrogens is 226 g/mol. The molecule has 0 unspecified atom stereocenters. The summed E-state index contributed by atoms with van der Waals surface area (Å²) < 4.78 is 0. The molecular formula is C15H13NO2. The fraction of sp³-hybridized carbons (Fsp3) is 0.133. The molecule has 0 aromatic heterocycles. The highest BCUT2D eigenvalue weighted by molar-refractivity contribution is 6.11. The van der Waals surface area contributed by atoms with Crippen LogP contribution in [0.1, 0.15) is 21.5 Å². The van der Waals surface area contributed by atoms with Crippen molar-refractivity contribution in [2.75, 3.05) is 4.90 Å². The average molecular weight is 239 g/mol. The van der Waals surface area contributed by atoms with E-state index in [2.05, 4.69) is 0 Å². The Hall–Kier alpha value is -2.29. The monoisotopic (exact) mass is 239 g/mol. The first-order valence-electron chi connectivity index (χ1n) is 5.87. The van der Waals surface area contributed by atoms with Crippen molar-refractivity contribution in [3.05, 3.63) is 59.2 Å². The molecule has 3 rings (SSSR count). The number of aromatic hydroxyl groups is 1. The van der Waals surface area contributed by atoms with Crippen molar-refractivity contribution in [2.45, 2.75) is 13.5 Å². The van der Waals surface area contributed by atoms with Crippen LogP contribution in [0.3, 0.4) is 0 Å². The highest BCUT2D eigenvalue weighted by atomic mass is 16.3. The number of aryl methyl sites for hydroxylation is 1. The van der Waals surface area contributed by atoms with Gasteiger partial charge in [0.05, 0.1) is 12.2 Å². The summed E-state index contributed by atoms with van der Waals surface area (Å²) in [5.74, 6) is 0.103. The van der Waals surface area contributed by atoms with Gasteiger partial charge >= 0.3 is 0 Å². The van der Waals surface area contributed by atoms with Gasteiger partial charge in [-0.05, 0) is 30.2 Å². The zero-order valence-electron chi connectivity index (χ0n) is 10.1. The Morgan fingerprint density at radius 2 is 1.89 bits per heavy atom. The van der Waals surface area contributed by atoms with E-state index in [9.17, 15) is 9.90 Å². The van der Waals surface area contributed by atoms with E-state index in [4.69, 9.17) is 0 Å². The number of hydrogen-bond acceptors (Lipinski definition) is 2. The van der Waals surface area contributed by atoms with Gasteiger partial charge in [0.2, 0.25) is 0 Å². The van der Waals surface area contributed by atoms with E-state index >= 15 is 0 Å². The van der Waals surface area contributed by atoms with Gasteiger partial charge in [0, 0.05) is 5.56 Å². The molecule has 0 spiro atoms. The molecule has 2 aromatic rings. The summed E-state index contributed by atoms with van der Waals surface area (Å²) in [5, 5.41) is 9.95. The number of nitrogens with zero attached hydrogens (tertiary/aromatic N) is 1. The number of phenols is 1. The van der Waals surface area contributed by atoms with Gasteiger partial charge in [0.25, 0.3) is 5.91 Å².